The quantitative estimate of drug-likeness (QED) is 0.0965. The van der Waals surface area contributed by atoms with Gasteiger partial charge < -0.3 is 9.55 Å². The Hall–Kier alpha value is -6.12. The molecule has 4 aromatic carbocycles. The largest absolute Gasteiger partial charge is 0.361 e. The Kier molecular flexibility index (Phi) is 11.5. The van der Waals surface area contributed by atoms with Gasteiger partial charge >= 0.3 is 0 Å². The molecule has 4 heteroatoms. The van der Waals surface area contributed by atoms with Crippen molar-refractivity contribution < 1.29 is 0 Å². The number of aromatic amines is 1. The Balaban J connectivity index is 0.000000738. The van der Waals surface area contributed by atoms with E-state index in [2.05, 4.69) is 178 Å². The Morgan fingerprint density at radius 1 is 0.692 bits per heavy atom. The van der Waals surface area contributed by atoms with E-state index < -0.39 is 0 Å². The van der Waals surface area contributed by atoms with E-state index in [-0.39, 0.29) is 5.92 Å². The molecular formula is C48H46N4. The number of para-hydroxylation sites is 1. The molecule has 5 N–H and O–H groups in total. The van der Waals surface area contributed by atoms with Crippen molar-refractivity contribution in [3.05, 3.63) is 195 Å². The van der Waals surface area contributed by atoms with Gasteiger partial charge in [-0.15, -0.1) is 11.5 Å². The highest BCUT2D eigenvalue weighted by atomic mass is 15.0. The molecule has 9 rings (SSSR count). The fourth-order valence-electron chi connectivity index (χ4n) is 7.20. The van der Waals surface area contributed by atoms with Crippen molar-refractivity contribution in [2.24, 2.45) is 11.7 Å². The van der Waals surface area contributed by atoms with Crippen molar-refractivity contribution in [1.82, 2.24) is 9.55 Å². The van der Waals surface area contributed by atoms with Crippen LogP contribution in [0.15, 0.2) is 157 Å². The van der Waals surface area contributed by atoms with Crippen molar-refractivity contribution in [3.63, 3.8) is 0 Å². The molecule has 4 nitrogen and oxygen atoms in total. The molecule has 0 saturated carbocycles. The molecule has 0 radical (unpaired) electrons. The molecule has 3 aliphatic carbocycles. The van der Waals surface area contributed by atoms with E-state index in [1.807, 2.05) is 40.0 Å². The summed E-state index contributed by atoms with van der Waals surface area (Å²) in [5.41, 5.74) is 19.4. The average Bonchev–Trinajstić information content (AvgIpc) is 4.03. The molecule has 2 aromatic heterocycles. The van der Waals surface area contributed by atoms with E-state index in [1.54, 1.807) is 0 Å². The Bertz CT molecular complexity index is 2530. The monoisotopic (exact) mass is 678 g/mol. The molecule has 2 heterocycles. The second-order valence-electron chi connectivity index (χ2n) is 12.0. The van der Waals surface area contributed by atoms with Crippen molar-refractivity contribution >= 4 is 51.0 Å². The van der Waals surface area contributed by atoms with Crippen LogP contribution in [0.2, 0.25) is 0 Å². The van der Waals surface area contributed by atoms with Gasteiger partial charge in [0.25, 0.3) is 0 Å². The number of nitrogens with two attached hydrogens (primary N) is 2. The summed E-state index contributed by atoms with van der Waals surface area (Å²) < 4.78 is 2.39. The number of nitrogens with one attached hydrogen (secondary N) is 1. The number of hydrogen-bond acceptors (Lipinski definition) is 2. The minimum atomic E-state index is 0.109. The number of nitrogens with zero attached hydrogens (tertiary/aromatic N) is 1. The van der Waals surface area contributed by atoms with Crippen LogP contribution in [0.3, 0.4) is 0 Å². The minimum Gasteiger partial charge on any atom is -0.361 e. The number of allylic oxidation sites excluding steroid dienone is 5. The van der Waals surface area contributed by atoms with Crippen molar-refractivity contribution in [2.75, 3.05) is 0 Å². The van der Waals surface area contributed by atoms with E-state index in [0.717, 1.165) is 28.6 Å². The Morgan fingerprint density at radius 2 is 1.35 bits per heavy atom. The zero-order valence-corrected chi connectivity index (χ0v) is 30.4. The third-order valence-corrected chi connectivity index (χ3v) is 9.32. The summed E-state index contributed by atoms with van der Waals surface area (Å²) in [6.45, 7) is 8.00. The van der Waals surface area contributed by atoms with Crippen LogP contribution in [-0.4, -0.2) is 9.55 Å². The molecule has 258 valence electrons. The first-order valence-corrected chi connectivity index (χ1v) is 18.2. The third-order valence-electron chi connectivity index (χ3n) is 9.32. The lowest BCUT2D eigenvalue weighted by Gasteiger charge is -2.18. The molecule has 0 amide bonds. The molecule has 0 aliphatic heterocycles. The van der Waals surface area contributed by atoms with Gasteiger partial charge in [0.05, 0.1) is 16.7 Å². The standard InChI is InChI=1S/C44H30N2.2C2H6.H4N2/c1-3-12-30(13-4-1)44(31-14-5-2-6-15-31)34-21-23-36(27-34)46-42-20-8-7-17-38(42)40-28-32(22-24-43(40)46)35-26-33-16-9-10-25-45-41-19-11-18-37(41)39(33)29-35;3*1-2/h1-17,19-20,22-25,27-29,44-45H,18H2;2*1-2H3;1-2H2. The lowest BCUT2D eigenvalue weighted by atomic mass is 9.85. The van der Waals surface area contributed by atoms with Crippen LogP contribution in [0.1, 0.15) is 61.6 Å². The SMILES string of the molecule is C1=CC(n2c3ccccc3c3cc(C4=C=c5cccc[nH]c6c(c5=C4)CC=C6)ccc32)=CC=1C(c1ccccc1)c1ccccc1.CC.CC.NN. The summed E-state index contributed by atoms with van der Waals surface area (Å²) in [5, 5.41) is 4.86. The maximum absolute atomic E-state index is 4.00. The fraction of sp³-hybridized carbons (Fsp3) is 0.125. The molecule has 0 unspecified atom stereocenters. The van der Waals surface area contributed by atoms with E-state index in [1.165, 1.54) is 54.9 Å². The molecule has 0 atom stereocenters. The van der Waals surface area contributed by atoms with Crippen LogP contribution in [0.4, 0.5) is 0 Å². The zero-order chi connectivity index (χ0) is 36.5. The van der Waals surface area contributed by atoms with Crippen molar-refractivity contribution in [3.8, 4) is 0 Å². The molecule has 0 fully saturated rings. The number of H-pyrrole nitrogens is 1. The fourth-order valence-corrected chi connectivity index (χ4v) is 7.20. The smallest absolute Gasteiger partial charge is 0.0548 e. The van der Waals surface area contributed by atoms with Crippen molar-refractivity contribution in [1.29, 1.82) is 0 Å². The third kappa shape index (κ3) is 6.81. The van der Waals surface area contributed by atoms with Crippen LogP contribution in [0, 0.1) is 0 Å². The summed E-state index contributed by atoms with van der Waals surface area (Å²) >= 11 is 0. The first-order chi connectivity index (χ1) is 25.8. The Morgan fingerprint density at radius 3 is 2.08 bits per heavy atom. The first-order valence-electron chi connectivity index (χ1n) is 18.2. The van der Waals surface area contributed by atoms with Crippen LogP contribution in [-0.2, 0) is 6.42 Å². The number of aromatic nitrogens is 2. The first kappa shape index (κ1) is 35.7. The van der Waals surface area contributed by atoms with Gasteiger partial charge in [0, 0.05) is 51.0 Å². The van der Waals surface area contributed by atoms with E-state index in [9.17, 15) is 0 Å². The van der Waals surface area contributed by atoms with Crippen LogP contribution in [0.25, 0.3) is 51.0 Å². The van der Waals surface area contributed by atoms with Gasteiger partial charge in [-0.1, -0.05) is 125 Å². The molecule has 3 aliphatic rings. The second kappa shape index (κ2) is 16.7. The second-order valence-corrected chi connectivity index (χ2v) is 12.0. The van der Waals surface area contributed by atoms with Gasteiger partial charge in [0.15, 0.2) is 0 Å². The van der Waals surface area contributed by atoms with Gasteiger partial charge in [-0.25, -0.2) is 0 Å². The van der Waals surface area contributed by atoms with Gasteiger partial charge in [-0.2, -0.15) is 0 Å². The lowest BCUT2D eigenvalue weighted by molar-refractivity contribution is 0.982. The summed E-state index contributed by atoms with van der Waals surface area (Å²) in [6.07, 6.45) is 14.1. The van der Waals surface area contributed by atoms with E-state index in [0.29, 0.717) is 0 Å². The molecular weight excluding hydrogens is 633 g/mol. The minimum absolute atomic E-state index is 0.109. The highest BCUT2D eigenvalue weighted by Gasteiger charge is 2.22. The highest BCUT2D eigenvalue weighted by molar-refractivity contribution is 6.12. The number of benzene rings is 4. The summed E-state index contributed by atoms with van der Waals surface area (Å²) in [7, 11) is 0. The van der Waals surface area contributed by atoms with Crippen LogP contribution in [0.5, 0.6) is 0 Å². The van der Waals surface area contributed by atoms with E-state index in [4.69, 9.17) is 0 Å². The molecule has 0 bridgehead atoms. The van der Waals surface area contributed by atoms with E-state index >= 15 is 0 Å². The maximum Gasteiger partial charge on any atom is 0.0548 e. The summed E-state index contributed by atoms with van der Waals surface area (Å²) in [6, 6.07) is 43.4. The summed E-state index contributed by atoms with van der Waals surface area (Å²) in [4.78, 5) is 3.44. The topological polar surface area (TPSA) is 72.8 Å². The number of rotatable bonds is 5. The number of hydrazine groups is 1. The van der Waals surface area contributed by atoms with Crippen molar-refractivity contribution in [2.45, 2.75) is 40.0 Å². The number of hydrogen-bond donors (Lipinski definition) is 3. The molecule has 52 heavy (non-hydrogen) atoms. The Labute approximate surface area is 306 Å². The normalized spacial score (nSPS) is 12.8. The van der Waals surface area contributed by atoms with Gasteiger partial charge in [-0.3, -0.25) is 11.7 Å². The summed E-state index contributed by atoms with van der Waals surface area (Å²) in [5.74, 6) is 8.11. The maximum atomic E-state index is 4.00. The van der Waals surface area contributed by atoms with Gasteiger partial charge in [-0.05, 0) is 82.5 Å². The van der Waals surface area contributed by atoms with Crippen LogP contribution < -0.4 is 22.1 Å². The van der Waals surface area contributed by atoms with Gasteiger partial charge in [0.1, 0.15) is 0 Å². The van der Waals surface area contributed by atoms with Crippen LogP contribution >= 0.6 is 0 Å². The molecule has 0 spiro atoms. The lowest BCUT2D eigenvalue weighted by Crippen LogP contribution is -2.23. The zero-order valence-electron chi connectivity index (χ0n) is 30.4. The predicted molar refractivity (Wildman–Crippen MR) is 223 cm³/mol. The molecule has 6 aromatic rings. The average molecular weight is 679 g/mol. The van der Waals surface area contributed by atoms with Gasteiger partial charge in [0.2, 0.25) is 0 Å². The number of fused-ring (bicyclic) bond motifs is 6. The predicted octanol–water partition coefficient (Wildman–Crippen LogP) is 9.71. The molecule has 0 saturated heterocycles. The highest BCUT2D eigenvalue weighted by Crippen LogP contribution is 2.39.